The zero-order valence-corrected chi connectivity index (χ0v) is 17.0. The number of methoxy groups -OCH3 is 3. The molecule has 10 heteroatoms. The number of amides is 3. The van der Waals surface area contributed by atoms with Crippen molar-refractivity contribution >= 4 is 22.9 Å². The van der Waals surface area contributed by atoms with Crippen LogP contribution in [-0.2, 0) is 4.79 Å². The summed E-state index contributed by atoms with van der Waals surface area (Å²) in [4.78, 5) is 35.1. The van der Waals surface area contributed by atoms with Crippen LogP contribution < -0.4 is 35.4 Å². The number of imide groups is 1. The number of hydrogen-bond donors (Lipinski definition) is 2. The molecule has 10 nitrogen and oxygen atoms in total. The maximum absolute atomic E-state index is 12.8. The summed E-state index contributed by atoms with van der Waals surface area (Å²) >= 11 is 0. The van der Waals surface area contributed by atoms with Gasteiger partial charge in [-0.1, -0.05) is 0 Å². The van der Waals surface area contributed by atoms with E-state index in [0.717, 1.165) is 0 Å². The average molecular weight is 428 g/mol. The number of rotatable bonds is 7. The zero-order valence-electron chi connectivity index (χ0n) is 17.0. The molecule has 3 N–H and O–H groups in total. The molecule has 162 valence electrons. The Balaban J connectivity index is 2.04. The molecule has 1 aromatic heterocycles. The number of fused-ring (bicyclic) bond motifs is 1. The Morgan fingerprint density at radius 1 is 0.968 bits per heavy atom. The maximum Gasteiger partial charge on any atom is 0.318 e. The summed E-state index contributed by atoms with van der Waals surface area (Å²) < 4.78 is 27.1. The van der Waals surface area contributed by atoms with E-state index in [2.05, 4.69) is 0 Å². The van der Waals surface area contributed by atoms with Crippen LogP contribution in [0.1, 0.15) is 0 Å². The van der Waals surface area contributed by atoms with E-state index in [9.17, 15) is 14.4 Å². The Bertz CT molecular complexity index is 1200. The van der Waals surface area contributed by atoms with E-state index in [0.29, 0.717) is 17.1 Å². The van der Waals surface area contributed by atoms with E-state index in [-0.39, 0.29) is 33.7 Å². The fraction of sp³-hybridized carbons (Fsp3) is 0.190. The van der Waals surface area contributed by atoms with Gasteiger partial charge >= 0.3 is 6.03 Å². The largest absolute Gasteiger partial charge is 0.496 e. The molecule has 0 radical (unpaired) electrons. The van der Waals surface area contributed by atoms with Crippen LogP contribution >= 0.6 is 0 Å². The summed E-state index contributed by atoms with van der Waals surface area (Å²) in [5, 5.41) is 2.10. The number of carbonyl (C=O) groups excluding carboxylic acids is 2. The van der Waals surface area contributed by atoms with Gasteiger partial charge in [0, 0.05) is 23.8 Å². The van der Waals surface area contributed by atoms with Gasteiger partial charge in [-0.3, -0.25) is 14.9 Å². The fourth-order valence-electron chi connectivity index (χ4n) is 2.93. The third-order valence-corrected chi connectivity index (χ3v) is 4.29. The van der Waals surface area contributed by atoms with E-state index in [4.69, 9.17) is 29.1 Å². The molecule has 0 fully saturated rings. The average Bonchev–Trinajstić information content (AvgIpc) is 2.75. The molecule has 0 saturated carbocycles. The van der Waals surface area contributed by atoms with E-state index in [1.54, 1.807) is 18.2 Å². The molecular formula is C21H20N2O8. The van der Waals surface area contributed by atoms with Crippen molar-refractivity contribution < 1.29 is 33.0 Å². The Morgan fingerprint density at radius 3 is 2.32 bits per heavy atom. The van der Waals surface area contributed by atoms with E-state index in [1.807, 2.05) is 5.32 Å². The number of hydrogen-bond acceptors (Lipinski definition) is 8. The van der Waals surface area contributed by atoms with Crippen LogP contribution in [0.5, 0.6) is 23.0 Å². The van der Waals surface area contributed by atoms with Crippen molar-refractivity contribution in [3.05, 3.63) is 46.6 Å². The van der Waals surface area contributed by atoms with Crippen molar-refractivity contribution in [2.45, 2.75) is 0 Å². The third kappa shape index (κ3) is 4.69. The number of carbonyl (C=O) groups is 2. The second-order valence-corrected chi connectivity index (χ2v) is 6.24. The molecule has 0 unspecified atom stereocenters. The topological polar surface area (TPSA) is 139 Å². The zero-order chi connectivity index (χ0) is 22.5. The SMILES string of the molecule is COc1ccc(-c2cc(=O)c3c(OC)cc(OCC(=O)NC(N)=O)cc3o2)cc1OC. The van der Waals surface area contributed by atoms with Gasteiger partial charge in [0.25, 0.3) is 5.91 Å². The Labute approximate surface area is 176 Å². The van der Waals surface area contributed by atoms with Crippen molar-refractivity contribution in [2.75, 3.05) is 27.9 Å². The van der Waals surface area contributed by atoms with Gasteiger partial charge in [0.15, 0.2) is 23.5 Å². The fourth-order valence-corrected chi connectivity index (χ4v) is 2.93. The first-order chi connectivity index (χ1) is 14.9. The molecule has 0 spiro atoms. The van der Waals surface area contributed by atoms with E-state index in [1.165, 1.54) is 39.5 Å². The van der Waals surface area contributed by atoms with Gasteiger partial charge in [0.2, 0.25) is 0 Å². The van der Waals surface area contributed by atoms with Gasteiger partial charge in [-0.25, -0.2) is 4.79 Å². The molecule has 31 heavy (non-hydrogen) atoms. The lowest BCUT2D eigenvalue weighted by Gasteiger charge is -2.12. The number of nitrogens with two attached hydrogens (primary N) is 1. The minimum Gasteiger partial charge on any atom is -0.496 e. The predicted molar refractivity (Wildman–Crippen MR) is 111 cm³/mol. The molecule has 0 aliphatic heterocycles. The molecule has 0 bridgehead atoms. The molecular weight excluding hydrogens is 408 g/mol. The highest BCUT2D eigenvalue weighted by atomic mass is 16.5. The lowest BCUT2D eigenvalue weighted by atomic mass is 10.1. The van der Waals surface area contributed by atoms with E-state index < -0.39 is 18.5 Å². The summed E-state index contributed by atoms with van der Waals surface area (Å²) in [5.41, 5.74) is 5.33. The van der Waals surface area contributed by atoms with Gasteiger partial charge in [0.05, 0.1) is 21.3 Å². The summed E-state index contributed by atoms with van der Waals surface area (Å²) in [6, 6.07) is 8.32. The van der Waals surface area contributed by atoms with Crippen molar-refractivity contribution in [2.24, 2.45) is 5.73 Å². The highest BCUT2D eigenvalue weighted by Gasteiger charge is 2.16. The summed E-state index contributed by atoms with van der Waals surface area (Å²) in [6.07, 6.45) is 0. The second kappa shape index (κ2) is 9.08. The number of nitrogens with one attached hydrogen (secondary N) is 1. The summed E-state index contributed by atoms with van der Waals surface area (Å²) in [6.45, 7) is -0.475. The van der Waals surface area contributed by atoms with Gasteiger partial charge < -0.3 is 29.1 Å². The first-order valence-electron chi connectivity index (χ1n) is 8.96. The standard InChI is InChI=1S/C21H20N2O8/c1-27-14-5-4-11(6-16(14)28-2)15-9-13(24)20-17(29-3)7-12(8-18(20)31-15)30-10-19(25)23-21(22)26/h4-9H,10H2,1-3H3,(H3,22,23,25,26). The molecule has 1 heterocycles. The van der Waals surface area contributed by atoms with Crippen LogP contribution in [-0.4, -0.2) is 39.9 Å². The van der Waals surface area contributed by atoms with Crippen molar-refractivity contribution in [3.63, 3.8) is 0 Å². The smallest absolute Gasteiger partial charge is 0.318 e. The quantitative estimate of drug-likeness (QED) is 0.583. The normalized spacial score (nSPS) is 10.4. The minimum absolute atomic E-state index is 0.182. The molecule has 3 rings (SSSR count). The Hall–Kier alpha value is -4.21. The first kappa shape index (κ1) is 21.5. The minimum atomic E-state index is -0.991. The number of benzene rings is 2. The summed E-state index contributed by atoms with van der Waals surface area (Å²) in [5.74, 6) is 0.946. The molecule has 3 amide bonds. The van der Waals surface area contributed by atoms with Crippen molar-refractivity contribution in [3.8, 4) is 34.3 Å². The van der Waals surface area contributed by atoms with Crippen LogP contribution in [0.2, 0.25) is 0 Å². The van der Waals surface area contributed by atoms with Crippen molar-refractivity contribution in [1.82, 2.24) is 5.32 Å². The van der Waals surface area contributed by atoms with Crippen LogP contribution in [0.3, 0.4) is 0 Å². The predicted octanol–water partition coefficient (Wildman–Crippen LogP) is 2.06. The van der Waals surface area contributed by atoms with Crippen LogP contribution in [0, 0.1) is 0 Å². The highest BCUT2D eigenvalue weighted by Crippen LogP contribution is 2.35. The Kier molecular flexibility index (Phi) is 6.29. The first-order valence-corrected chi connectivity index (χ1v) is 8.96. The van der Waals surface area contributed by atoms with Crippen LogP contribution in [0.4, 0.5) is 4.79 Å². The van der Waals surface area contributed by atoms with Gasteiger partial charge in [0.1, 0.15) is 28.2 Å². The molecule has 3 aromatic rings. The summed E-state index contributed by atoms with van der Waals surface area (Å²) in [7, 11) is 4.41. The number of urea groups is 1. The van der Waals surface area contributed by atoms with Crippen molar-refractivity contribution in [1.29, 1.82) is 0 Å². The molecule has 2 aromatic carbocycles. The van der Waals surface area contributed by atoms with Gasteiger partial charge in [-0.05, 0) is 18.2 Å². The molecule has 0 saturated heterocycles. The lowest BCUT2D eigenvalue weighted by Crippen LogP contribution is -2.38. The van der Waals surface area contributed by atoms with Gasteiger partial charge in [-0.15, -0.1) is 0 Å². The molecule has 0 aliphatic rings. The highest BCUT2D eigenvalue weighted by molar-refractivity contribution is 5.94. The second-order valence-electron chi connectivity index (χ2n) is 6.24. The molecule has 0 atom stereocenters. The number of ether oxygens (including phenoxy) is 4. The monoisotopic (exact) mass is 428 g/mol. The van der Waals surface area contributed by atoms with Crippen LogP contribution in [0.25, 0.3) is 22.3 Å². The Morgan fingerprint density at radius 2 is 1.68 bits per heavy atom. The van der Waals surface area contributed by atoms with E-state index >= 15 is 0 Å². The van der Waals surface area contributed by atoms with Gasteiger partial charge in [-0.2, -0.15) is 0 Å². The maximum atomic E-state index is 12.8. The van der Waals surface area contributed by atoms with Crippen LogP contribution in [0.15, 0.2) is 45.6 Å². The molecule has 0 aliphatic carbocycles. The third-order valence-electron chi connectivity index (χ3n) is 4.29. The lowest BCUT2D eigenvalue weighted by molar-refractivity contribution is -0.121. The number of primary amides is 1.